The molecular formula is C90H50N4O4. The van der Waals surface area contributed by atoms with Crippen molar-refractivity contribution in [1.29, 1.82) is 0 Å². The van der Waals surface area contributed by atoms with Crippen LogP contribution in [0.5, 0.6) is 0 Å². The highest BCUT2D eigenvalue weighted by Gasteiger charge is 2.34. The summed E-state index contributed by atoms with van der Waals surface area (Å²) in [6, 6.07) is 109. The first kappa shape index (κ1) is 52.1. The zero-order chi connectivity index (χ0) is 63.6. The van der Waals surface area contributed by atoms with E-state index in [4.69, 9.17) is 17.7 Å². The van der Waals surface area contributed by atoms with Crippen LogP contribution in [-0.2, 0) is 0 Å². The second kappa shape index (κ2) is 19.2. The lowest BCUT2D eigenvalue weighted by Gasteiger charge is -2.29. The van der Waals surface area contributed by atoms with E-state index in [1.165, 1.54) is 0 Å². The molecule has 0 saturated heterocycles. The van der Waals surface area contributed by atoms with Crippen LogP contribution in [0.2, 0.25) is 0 Å². The third-order valence-corrected chi connectivity index (χ3v) is 21.2. The van der Waals surface area contributed by atoms with Crippen molar-refractivity contribution in [3.8, 4) is 22.3 Å². The molecule has 0 aliphatic carbocycles. The minimum absolute atomic E-state index is 0.793. The third-order valence-electron chi connectivity index (χ3n) is 21.2. The first-order valence-electron chi connectivity index (χ1n) is 33.4. The van der Waals surface area contributed by atoms with E-state index in [9.17, 15) is 0 Å². The van der Waals surface area contributed by atoms with Crippen LogP contribution in [0.4, 0.5) is 34.1 Å². The van der Waals surface area contributed by atoms with Gasteiger partial charge in [-0.2, -0.15) is 0 Å². The van der Waals surface area contributed by atoms with E-state index >= 15 is 0 Å². The molecule has 23 rings (SSSR count). The lowest BCUT2D eigenvalue weighted by Crippen LogP contribution is -2.12. The van der Waals surface area contributed by atoms with Gasteiger partial charge in [0.2, 0.25) is 0 Å². The van der Waals surface area contributed by atoms with E-state index < -0.39 is 0 Å². The monoisotopic (exact) mass is 1250 g/mol. The van der Waals surface area contributed by atoms with E-state index in [-0.39, 0.29) is 0 Å². The van der Waals surface area contributed by atoms with E-state index in [0.717, 1.165) is 220 Å². The second-order valence-corrected chi connectivity index (χ2v) is 26.1. The smallest absolute Gasteiger partial charge is 0.160 e. The van der Waals surface area contributed by atoms with Crippen molar-refractivity contribution < 1.29 is 17.7 Å². The summed E-state index contributed by atoms with van der Waals surface area (Å²) in [5, 5.41) is 17.6. The van der Waals surface area contributed by atoms with Crippen molar-refractivity contribution in [3.63, 3.8) is 0 Å². The predicted octanol–water partition coefficient (Wildman–Crippen LogP) is 25.9. The summed E-state index contributed by atoms with van der Waals surface area (Å²) in [6.07, 6.45) is 0. The molecule has 15 aromatic carbocycles. The maximum Gasteiger partial charge on any atom is 0.160 e. The van der Waals surface area contributed by atoms with Crippen molar-refractivity contribution in [2.24, 2.45) is 0 Å². The fraction of sp³-hybridized carbons (Fsp3) is 0. The van der Waals surface area contributed by atoms with Crippen molar-refractivity contribution in [2.75, 3.05) is 9.80 Å². The molecule has 8 aromatic heterocycles. The van der Waals surface area contributed by atoms with E-state index in [1.54, 1.807) is 0 Å². The van der Waals surface area contributed by atoms with Crippen LogP contribution in [0.25, 0.3) is 186 Å². The van der Waals surface area contributed by atoms with Crippen molar-refractivity contribution >= 4 is 198 Å². The molecule has 98 heavy (non-hydrogen) atoms. The fourth-order valence-electron chi connectivity index (χ4n) is 17.1. The molecule has 0 aliphatic rings. The Morgan fingerprint density at radius 3 is 0.949 bits per heavy atom. The average Bonchev–Trinajstić information content (AvgIpc) is 1.50. The minimum Gasteiger partial charge on any atom is -0.454 e. The molecule has 23 aromatic rings. The molecule has 0 saturated carbocycles. The first-order chi connectivity index (χ1) is 48.7. The van der Waals surface area contributed by atoms with Gasteiger partial charge in [0.25, 0.3) is 0 Å². The van der Waals surface area contributed by atoms with Crippen LogP contribution in [0, 0.1) is 0 Å². The van der Waals surface area contributed by atoms with Gasteiger partial charge in [0.15, 0.2) is 22.3 Å². The number of para-hydroxylation sites is 8. The molecule has 8 heteroatoms. The number of fused-ring (bicyclic) bond motifs is 24. The van der Waals surface area contributed by atoms with Crippen LogP contribution in [0.1, 0.15) is 0 Å². The molecule has 0 amide bonds. The standard InChI is InChI=1S/C90H50N4O4/c1-3-21-51(22-4-1)53-41-43-63-57-27-11-17-39-79(57)97-89(63)85(53)93(73-35-19-31-61-55-25-9-15-37-77(55)95-87(61)73)71-47-45-59-67-49-76-68(50-75(67)91-69-33-13-7-29-65(69)81(71)83(59)91)60-46-48-72(82-66-30-8-14-34-70(66)92(76)84(60)82)94(74-36-20-32-62-56-26-10-16-38-78(56)96-88(62)74)86-54(52-23-5-2-6-24-52)42-44-64-58-28-12-18-40-80(58)98-90(64)86/h1-50H. The molecule has 454 valence electrons. The summed E-state index contributed by atoms with van der Waals surface area (Å²) < 4.78 is 33.7. The van der Waals surface area contributed by atoms with Crippen molar-refractivity contribution in [3.05, 3.63) is 303 Å². The average molecular weight is 1250 g/mol. The van der Waals surface area contributed by atoms with Gasteiger partial charge < -0.3 is 36.3 Å². The Labute approximate surface area is 556 Å². The number of benzene rings is 15. The number of nitrogens with zero attached hydrogens (tertiary/aromatic N) is 4. The molecule has 0 fully saturated rings. The molecule has 0 unspecified atom stereocenters. The van der Waals surface area contributed by atoms with Crippen molar-refractivity contribution in [1.82, 2.24) is 8.80 Å². The van der Waals surface area contributed by atoms with Crippen LogP contribution >= 0.6 is 0 Å². The number of hydrogen-bond donors (Lipinski definition) is 0. The lowest BCUT2D eigenvalue weighted by molar-refractivity contribution is 0.665. The molecular weight excluding hydrogens is 1200 g/mol. The summed E-state index contributed by atoms with van der Waals surface area (Å²) in [4.78, 5) is 4.89. The van der Waals surface area contributed by atoms with Gasteiger partial charge in [0, 0.05) is 97.3 Å². The summed E-state index contributed by atoms with van der Waals surface area (Å²) in [6.45, 7) is 0. The molecule has 0 N–H and O–H groups in total. The Hall–Kier alpha value is -13.3. The summed E-state index contributed by atoms with van der Waals surface area (Å²) >= 11 is 0. The Balaban J connectivity index is 0.823. The van der Waals surface area contributed by atoms with Gasteiger partial charge in [-0.15, -0.1) is 0 Å². The Bertz CT molecular complexity index is 6890. The van der Waals surface area contributed by atoms with Gasteiger partial charge in [0.1, 0.15) is 22.3 Å². The quantitative estimate of drug-likeness (QED) is 0.151. The largest absolute Gasteiger partial charge is 0.454 e. The highest BCUT2D eigenvalue weighted by molar-refractivity contribution is 6.34. The number of rotatable bonds is 8. The van der Waals surface area contributed by atoms with Crippen LogP contribution in [0.3, 0.4) is 0 Å². The van der Waals surface area contributed by atoms with Gasteiger partial charge in [-0.25, -0.2) is 0 Å². The van der Waals surface area contributed by atoms with E-state index in [0.29, 0.717) is 0 Å². The van der Waals surface area contributed by atoms with Gasteiger partial charge in [0.05, 0.1) is 67.2 Å². The van der Waals surface area contributed by atoms with Crippen LogP contribution < -0.4 is 9.80 Å². The van der Waals surface area contributed by atoms with E-state index in [1.807, 2.05) is 12.1 Å². The predicted molar refractivity (Wildman–Crippen MR) is 405 cm³/mol. The number of aromatic nitrogens is 2. The fourth-order valence-corrected chi connectivity index (χ4v) is 17.1. The molecule has 0 aliphatic heterocycles. The minimum atomic E-state index is 0.793. The molecule has 0 atom stereocenters. The molecule has 0 spiro atoms. The van der Waals surface area contributed by atoms with Gasteiger partial charge in [-0.3, -0.25) is 0 Å². The second-order valence-electron chi connectivity index (χ2n) is 26.1. The topological polar surface area (TPSA) is 67.9 Å². The first-order valence-corrected chi connectivity index (χ1v) is 33.4. The van der Waals surface area contributed by atoms with Crippen molar-refractivity contribution in [2.45, 2.75) is 0 Å². The van der Waals surface area contributed by atoms with Crippen LogP contribution in [-0.4, -0.2) is 8.80 Å². The van der Waals surface area contributed by atoms with Gasteiger partial charge in [-0.1, -0.05) is 218 Å². The highest BCUT2D eigenvalue weighted by atomic mass is 16.3. The van der Waals surface area contributed by atoms with Crippen LogP contribution in [0.15, 0.2) is 321 Å². The Morgan fingerprint density at radius 1 is 0.214 bits per heavy atom. The third kappa shape index (κ3) is 6.81. The summed E-state index contributed by atoms with van der Waals surface area (Å²) in [7, 11) is 0. The summed E-state index contributed by atoms with van der Waals surface area (Å²) in [5.74, 6) is 0. The highest BCUT2D eigenvalue weighted by Crippen LogP contribution is 2.57. The summed E-state index contributed by atoms with van der Waals surface area (Å²) in [5.41, 5.74) is 23.2. The lowest BCUT2D eigenvalue weighted by atomic mass is 9.97. The van der Waals surface area contributed by atoms with Gasteiger partial charge >= 0.3 is 0 Å². The zero-order valence-electron chi connectivity index (χ0n) is 52.3. The number of anilines is 6. The Kier molecular flexibility index (Phi) is 10.2. The maximum absolute atomic E-state index is 7.21. The number of hydrogen-bond acceptors (Lipinski definition) is 6. The van der Waals surface area contributed by atoms with E-state index in [2.05, 4.69) is 310 Å². The molecule has 0 radical (unpaired) electrons. The van der Waals surface area contributed by atoms with Gasteiger partial charge in [-0.05, 0) is 96.1 Å². The molecule has 8 heterocycles. The molecule has 0 bridgehead atoms. The number of furan rings is 4. The SMILES string of the molecule is c1ccc(-c2ccc3c(oc4ccccc43)c2N(c2cccc3c2oc2ccccc23)c2ccc3c4cc5c(cc4n4c6ccccc6c2c34)c2ccc(N(c3cccc4c3oc3ccccc34)c3c(-c4ccccc4)ccc4c3oc3ccccc34)c3c4ccccc4n5c23)cc1. The normalized spacial score (nSPS) is 12.5. The maximum atomic E-state index is 7.21. The zero-order valence-corrected chi connectivity index (χ0v) is 52.3. The molecule has 8 nitrogen and oxygen atoms in total. The Morgan fingerprint density at radius 2 is 0.541 bits per heavy atom.